The first kappa shape index (κ1) is 21.6. The molecule has 2 aromatic carbocycles. The quantitative estimate of drug-likeness (QED) is 0.490. The van der Waals surface area contributed by atoms with E-state index >= 15 is 0 Å². The van der Waals surface area contributed by atoms with Crippen molar-refractivity contribution in [3.63, 3.8) is 0 Å². The van der Waals surface area contributed by atoms with Crippen LogP contribution in [0.15, 0.2) is 65.7 Å². The number of nitriles is 1. The van der Waals surface area contributed by atoms with Crippen molar-refractivity contribution in [2.45, 2.75) is 18.9 Å². The summed E-state index contributed by atoms with van der Waals surface area (Å²) in [5.74, 6) is -0.484. The topological polar surface area (TPSA) is 106 Å². The molecule has 1 aliphatic carbocycles. The Hall–Kier alpha value is -4.22. The summed E-state index contributed by atoms with van der Waals surface area (Å²) in [6, 6.07) is 15.9. The van der Waals surface area contributed by atoms with Gasteiger partial charge in [-0.2, -0.15) is 20.1 Å². The molecular formula is C25H19ClN6O2. The Kier molecular flexibility index (Phi) is 5.48. The fourth-order valence-corrected chi connectivity index (χ4v) is 4.31. The number of amides is 1. The van der Waals surface area contributed by atoms with Gasteiger partial charge in [0.15, 0.2) is 0 Å². The summed E-state index contributed by atoms with van der Waals surface area (Å²) in [7, 11) is 1.74. The zero-order chi connectivity index (χ0) is 23.8. The van der Waals surface area contributed by atoms with Crippen LogP contribution in [0.5, 0.6) is 0 Å². The van der Waals surface area contributed by atoms with E-state index in [1.807, 2.05) is 12.1 Å². The molecule has 0 saturated heterocycles. The molecule has 0 radical (unpaired) electrons. The molecule has 5 rings (SSSR count). The Bertz CT molecular complexity index is 1510. The zero-order valence-electron chi connectivity index (χ0n) is 18.2. The van der Waals surface area contributed by atoms with Gasteiger partial charge in [-0.3, -0.25) is 14.3 Å². The fourth-order valence-electron chi connectivity index (χ4n) is 4.18. The zero-order valence-corrected chi connectivity index (χ0v) is 19.0. The second-order valence-electron chi connectivity index (χ2n) is 8.13. The van der Waals surface area contributed by atoms with Crippen molar-refractivity contribution in [1.29, 1.82) is 5.26 Å². The summed E-state index contributed by atoms with van der Waals surface area (Å²) in [5, 5.41) is 21.3. The molecule has 0 aliphatic heterocycles. The molecule has 34 heavy (non-hydrogen) atoms. The maximum Gasteiger partial charge on any atom is 0.284 e. The van der Waals surface area contributed by atoms with Crippen LogP contribution in [0.4, 0.5) is 0 Å². The van der Waals surface area contributed by atoms with E-state index in [1.165, 1.54) is 16.9 Å². The van der Waals surface area contributed by atoms with Crippen molar-refractivity contribution in [1.82, 2.24) is 24.9 Å². The summed E-state index contributed by atoms with van der Waals surface area (Å²) in [5.41, 5.74) is 3.65. The second kappa shape index (κ2) is 8.61. The lowest BCUT2D eigenvalue weighted by Gasteiger charge is -2.15. The summed E-state index contributed by atoms with van der Waals surface area (Å²) in [4.78, 5) is 26.6. The highest BCUT2D eigenvalue weighted by molar-refractivity contribution is 6.30. The predicted octanol–water partition coefficient (Wildman–Crippen LogP) is 3.58. The molecule has 0 saturated carbocycles. The number of nitrogens with zero attached hydrogens (tertiary/aromatic N) is 5. The standard InChI is InChI=1S/C25H19ClN6O2/c1-31-14-19(13-28-31)32-25(34)21(11-23(30-32)16-3-6-18(26)7-4-16)24(33)29-22-9-5-17-10-15(12-27)2-8-20(17)22/h2-4,6-8,10-11,13-14,22H,5,9H2,1H3,(H,29,33)/t22-/m0/s1. The molecule has 2 aromatic heterocycles. The number of hydrogen-bond acceptors (Lipinski definition) is 5. The average Bonchev–Trinajstić information content (AvgIpc) is 3.45. The van der Waals surface area contributed by atoms with Crippen LogP contribution >= 0.6 is 11.6 Å². The van der Waals surface area contributed by atoms with Gasteiger partial charge in [-0.15, -0.1) is 0 Å². The summed E-state index contributed by atoms with van der Waals surface area (Å²) in [6.45, 7) is 0. The minimum absolute atomic E-state index is 0.0223. The SMILES string of the molecule is Cn1cc(-n2nc(-c3ccc(Cl)cc3)cc(C(=O)N[C@H]3CCc4cc(C#N)ccc43)c2=O)cn1. The van der Waals surface area contributed by atoms with Gasteiger partial charge in [0.25, 0.3) is 11.5 Å². The van der Waals surface area contributed by atoms with Crippen LogP contribution in [-0.4, -0.2) is 25.5 Å². The van der Waals surface area contributed by atoms with Gasteiger partial charge in [-0.1, -0.05) is 29.8 Å². The molecule has 0 fully saturated rings. The van der Waals surface area contributed by atoms with Gasteiger partial charge in [0.05, 0.1) is 35.8 Å². The molecule has 9 heteroatoms. The van der Waals surface area contributed by atoms with Crippen molar-refractivity contribution < 1.29 is 4.79 Å². The van der Waals surface area contributed by atoms with Crippen LogP contribution in [0.3, 0.4) is 0 Å². The maximum atomic E-state index is 13.3. The first-order valence-corrected chi connectivity index (χ1v) is 11.0. The Labute approximate surface area is 200 Å². The van der Waals surface area contributed by atoms with Gasteiger partial charge in [0.1, 0.15) is 11.3 Å². The maximum absolute atomic E-state index is 13.3. The van der Waals surface area contributed by atoms with Gasteiger partial charge in [-0.05, 0) is 54.3 Å². The van der Waals surface area contributed by atoms with Crippen molar-refractivity contribution in [2.24, 2.45) is 7.05 Å². The van der Waals surface area contributed by atoms with Gasteiger partial charge in [0, 0.05) is 17.6 Å². The first-order chi connectivity index (χ1) is 16.4. The fraction of sp³-hybridized carbons (Fsp3) is 0.160. The third-order valence-electron chi connectivity index (χ3n) is 5.89. The van der Waals surface area contributed by atoms with Crippen molar-refractivity contribution >= 4 is 17.5 Å². The highest BCUT2D eigenvalue weighted by Crippen LogP contribution is 2.32. The third-order valence-corrected chi connectivity index (χ3v) is 6.14. The van der Waals surface area contributed by atoms with E-state index < -0.39 is 11.5 Å². The second-order valence-corrected chi connectivity index (χ2v) is 8.57. The number of benzene rings is 2. The Morgan fingerprint density at radius 3 is 2.71 bits per heavy atom. The van der Waals surface area contributed by atoms with Crippen LogP contribution in [0, 0.1) is 11.3 Å². The predicted molar refractivity (Wildman–Crippen MR) is 127 cm³/mol. The van der Waals surface area contributed by atoms with E-state index in [9.17, 15) is 9.59 Å². The van der Waals surface area contributed by atoms with E-state index in [1.54, 1.807) is 48.3 Å². The lowest BCUT2D eigenvalue weighted by Crippen LogP contribution is -2.35. The van der Waals surface area contributed by atoms with Crippen LogP contribution < -0.4 is 10.9 Å². The molecule has 168 valence electrons. The monoisotopic (exact) mass is 470 g/mol. The van der Waals surface area contributed by atoms with E-state index in [2.05, 4.69) is 21.6 Å². The Balaban J connectivity index is 1.55. The van der Waals surface area contributed by atoms with Gasteiger partial charge >= 0.3 is 0 Å². The minimum Gasteiger partial charge on any atom is -0.345 e. The molecule has 1 aliphatic rings. The summed E-state index contributed by atoms with van der Waals surface area (Å²) < 4.78 is 2.75. The van der Waals surface area contributed by atoms with Crippen molar-refractivity contribution in [3.05, 3.63) is 98.6 Å². The van der Waals surface area contributed by atoms with Gasteiger partial charge in [0.2, 0.25) is 0 Å². The molecule has 1 atom stereocenters. The number of aromatic nitrogens is 4. The highest BCUT2D eigenvalue weighted by atomic mass is 35.5. The van der Waals surface area contributed by atoms with Crippen LogP contribution in [-0.2, 0) is 13.5 Å². The molecule has 2 heterocycles. The number of fused-ring (bicyclic) bond motifs is 1. The number of carbonyl (C=O) groups is 1. The minimum atomic E-state index is -0.540. The lowest BCUT2D eigenvalue weighted by molar-refractivity contribution is 0.0934. The molecule has 1 N–H and O–H groups in total. The van der Waals surface area contributed by atoms with Gasteiger partial charge < -0.3 is 5.32 Å². The van der Waals surface area contributed by atoms with E-state index in [0.29, 0.717) is 34.0 Å². The van der Waals surface area contributed by atoms with E-state index in [4.69, 9.17) is 16.9 Å². The van der Waals surface area contributed by atoms with Crippen molar-refractivity contribution in [2.75, 3.05) is 0 Å². The number of carbonyl (C=O) groups excluding carboxylic acids is 1. The molecule has 1 amide bonds. The summed E-state index contributed by atoms with van der Waals surface area (Å²) in [6.07, 6.45) is 4.62. The first-order valence-electron chi connectivity index (χ1n) is 10.7. The third kappa shape index (κ3) is 3.98. The Morgan fingerprint density at radius 2 is 2.00 bits per heavy atom. The number of aryl methyl sites for hydroxylation is 2. The molecular weight excluding hydrogens is 452 g/mol. The number of rotatable bonds is 4. The van der Waals surface area contributed by atoms with Crippen LogP contribution in [0.25, 0.3) is 16.9 Å². The molecule has 0 unspecified atom stereocenters. The molecule has 0 spiro atoms. The normalized spacial score (nSPS) is 14.4. The van der Waals surface area contributed by atoms with Crippen LogP contribution in [0.1, 0.15) is 39.5 Å². The molecule has 4 aromatic rings. The lowest BCUT2D eigenvalue weighted by atomic mass is 10.0. The highest BCUT2D eigenvalue weighted by Gasteiger charge is 2.26. The molecule has 8 nitrogen and oxygen atoms in total. The number of nitrogens with one attached hydrogen (secondary N) is 1. The average molecular weight is 471 g/mol. The largest absolute Gasteiger partial charge is 0.345 e. The smallest absolute Gasteiger partial charge is 0.284 e. The van der Waals surface area contributed by atoms with E-state index in [-0.39, 0.29) is 11.6 Å². The van der Waals surface area contributed by atoms with Crippen molar-refractivity contribution in [3.8, 4) is 23.0 Å². The summed E-state index contributed by atoms with van der Waals surface area (Å²) >= 11 is 6.02. The number of hydrogen-bond donors (Lipinski definition) is 1. The van der Waals surface area contributed by atoms with E-state index in [0.717, 1.165) is 17.5 Å². The Morgan fingerprint density at radius 1 is 1.21 bits per heavy atom. The van der Waals surface area contributed by atoms with Crippen LogP contribution in [0.2, 0.25) is 5.02 Å². The number of halogens is 1. The van der Waals surface area contributed by atoms with Gasteiger partial charge in [-0.25, -0.2) is 0 Å². The molecule has 0 bridgehead atoms.